The Morgan fingerprint density at radius 1 is 0.872 bits per heavy atom. The van der Waals surface area contributed by atoms with E-state index in [9.17, 15) is 18.0 Å². The molecule has 0 atom stereocenters. The monoisotopic (exact) mass is 568 g/mol. The predicted octanol–water partition coefficient (Wildman–Crippen LogP) is 5.01. The van der Waals surface area contributed by atoms with Crippen LogP contribution in [-0.2, 0) is 12.7 Å². The number of nitrogens with zero attached hydrogens (tertiary/aromatic N) is 5. The molecule has 0 unspecified atom stereocenters. The number of carbonyl (C=O) groups excluding carboxylic acids is 1. The third kappa shape index (κ3) is 7.35. The fourth-order valence-electron chi connectivity index (χ4n) is 5.37. The fourth-order valence-corrected chi connectivity index (χ4v) is 5.37. The average molecular weight is 569 g/mol. The second kappa shape index (κ2) is 13.2. The summed E-state index contributed by atoms with van der Waals surface area (Å²) in [6.45, 7) is 16.0. The number of benzene rings is 1. The standard InChI is InChI=1S/C28H39F3N6O.ClH/c1-20(2)34-9-13-36(14-10-34)26-22(18-33-25-17-24(7-8-32-25)28(29,30)31)5-6-23(19-38)27(26)37-15-11-35(12-16-37)21(3)4;/h5-8,17,19-21H,9-16,18H2,1-4H3,(H,32,33);1H. The van der Waals surface area contributed by atoms with Gasteiger partial charge < -0.3 is 15.1 Å². The molecule has 2 aliphatic rings. The zero-order valence-corrected chi connectivity index (χ0v) is 24.0. The van der Waals surface area contributed by atoms with Gasteiger partial charge in [0.2, 0.25) is 0 Å². The minimum atomic E-state index is -4.43. The fraction of sp³-hybridized carbons (Fsp3) is 0.571. The molecule has 7 nitrogen and oxygen atoms in total. The lowest BCUT2D eigenvalue weighted by molar-refractivity contribution is -0.137. The summed E-state index contributed by atoms with van der Waals surface area (Å²) in [5, 5.41) is 3.11. The van der Waals surface area contributed by atoms with Gasteiger partial charge in [0.05, 0.1) is 16.9 Å². The number of hydrogen-bond donors (Lipinski definition) is 1. The first kappa shape index (κ1) is 31.0. The first-order valence-electron chi connectivity index (χ1n) is 13.4. The Balaban J connectivity index is 0.00000420. The van der Waals surface area contributed by atoms with Crippen LogP contribution in [-0.4, -0.2) is 85.5 Å². The minimum Gasteiger partial charge on any atom is -0.367 e. The molecular weight excluding hydrogens is 529 g/mol. The summed E-state index contributed by atoms with van der Waals surface area (Å²) >= 11 is 0. The van der Waals surface area contributed by atoms with E-state index in [1.165, 1.54) is 6.20 Å². The van der Waals surface area contributed by atoms with Gasteiger partial charge in [0.25, 0.3) is 0 Å². The number of aldehydes is 1. The molecular formula is C28H40ClF3N6O. The second-order valence-electron chi connectivity index (χ2n) is 10.6. The predicted molar refractivity (Wildman–Crippen MR) is 153 cm³/mol. The van der Waals surface area contributed by atoms with Crippen LogP contribution in [0.2, 0.25) is 0 Å². The molecule has 11 heteroatoms. The molecule has 0 bridgehead atoms. The molecule has 39 heavy (non-hydrogen) atoms. The lowest BCUT2D eigenvalue weighted by Crippen LogP contribution is -2.51. The van der Waals surface area contributed by atoms with Crippen LogP contribution in [0.4, 0.5) is 30.4 Å². The lowest BCUT2D eigenvalue weighted by atomic mass is 10.0. The molecule has 1 N–H and O–H groups in total. The average Bonchev–Trinajstić information content (AvgIpc) is 2.91. The topological polar surface area (TPSA) is 55.0 Å². The van der Waals surface area contributed by atoms with Crippen molar-refractivity contribution < 1.29 is 18.0 Å². The number of anilines is 3. The van der Waals surface area contributed by atoms with Crippen LogP contribution >= 0.6 is 12.4 Å². The van der Waals surface area contributed by atoms with Crippen LogP contribution in [0.1, 0.15) is 49.2 Å². The van der Waals surface area contributed by atoms with Crippen molar-refractivity contribution in [3.05, 3.63) is 47.2 Å². The Bertz CT molecular complexity index is 1100. The van der Waals surface area contributed by atoms with Crippen LogP contribution in [0.15, 0.2) is 30.5 Å². The first-order valence-corrected chi connectivity index (χ1v) is 13.4. The number of pyridine rings is 1. The van der Waals surface area contributed by atoms with Gasteiger partial charge in [-0.3, -0.25) is 14.6 Å². The summed E-state index contributed by atoms with van der Waals surface area (Å²) in [5.74, 6) is 0.168. The maximum atomic E-state index is 13.2. The molecule has 216 valence electrons. The van der Waals surface area contributed by atoms with E-state index in [1.807, 2.05) is 12.1 Å². The van der Waals surface area contributed by atoms with Gasteiger partial charge >= 0.3 is 6.18 Å². The van der Waals surface area contributed by atoms with Gasteiger partial charge in [0.1, 0.15) is 5.82 Å². The van der Waals surface area contributed by atoms with Gasteiger partial charge in [-0.25, -0.2) is 4.98 Å². The SMILES string of the molecule is CC(C)N1CCN(c2c(C=O)ccc(CNc3cc(C(F)(F)F)ccn3)c2N2CCN(C(C)C)CC2)CC1.Cl. The molecule has 1 aromatic carbocycles. The Kier molecular flexibility index (Phi) is 10.5. The van der Waals surface area contributed by atoms with Crippen molar-refractivity contribution in [3.63, 3.8) is 0 Å². The van der Waals surface area contributed by atoms with Gasteiger partial charge in [-0.15, -0.1) is 12.4 Å². The van der Waals surface area contributed by atoms with E-state index in [0.29, 0.717) is 24.2 Å². The summed E-state index contributed by atoms with van der Waals surface area (Å²) in [5.41, 5.74) is 2.77. The van der Waals surface area contributed by atoms with Gasteiger partial charge in [0, 0.05) is 82.7 Å². The summed E-state index contributed by atoms with van der Waals surface area (Å²) < 4.78 is 39.7. The number of nitrogens with one attached hydrogen (secondary N) is 1. The van der Waals surface area contributed by atoms with Crippen molar-refractivity contribution in [1.82, 2.24) is 14.8 Å². The Labute approximate surface area is 235 Å². The molecule has 0 radical (unpaired) electrons. The Morgan fingerprint density at radius 2 is 1.41 bits per heavy atom. The highest BCUT2D eigenvalue weighted by atomic mass is 35.5. The van der Waals surface area contributed by atoms with E-state index >= 15 is 0 Å². The van der Waals surface area contributed by atoms with Gasteiger partial charge in [0.15, 0.2) is 6.29 Å². The second-order valence-corrected chi connectivity index (χ2v) is 10.6. The van der Waals surface area contributed by atoms with Crippen molar-refractivity contribution in [3.8, 4) is 0 Å². The zero-order valence-electron chi connectivity index (χ0n) is 23.2. The molecule has 4 rings (SSSR count). The largest absolute Gasteiger partial charge is 0.416 e. The van der Waals surface area contributed by atoms with Crippen molar-refractivity contribution >= 4 is 35.9 Å². The van der Waals surface area contributed by atoms with Gasteiger partial charge in [-0.05, 0) is 51.5 Å². The Morgan fingerprint density at radius 3 is 1.90 bits per heavy atom. The molecule has 2 fully saturated rings. The number of aromatic nitrogens is 1. The van der Waals surface area contributed by atoms with E-state index in [0.717, 1.165) is 87.7 Å². The van der Waals surface area contributed by atoms with Crippen molar-refractivity contribution in [1.29, 1.82) is 0 Å². The molecule has 0 amide bonds. The smallest absolute Gasteiger partial charge is 0.367 e. The summed E-state index contributed by atoms with van der Waals surface area (Å²) in [7, 11) is 0. The van der Waals surface area contributed by atoms with Crippen LogP contribution in [0, 0.1) is 0 Å². The van der Waals surface area contributed by atoms with Crippen LogP contribution in [0.25, 0.3) is 0 Å². The summed E-state index contributed by atoms with van der Waals surface area (Å²) in [6, 6.07) is 6.67. The van der Waals surface area contributed by atoms with Crippen LogP contribution in [0.3, 0.4) is 0 Å². The molecule has 2 saturated heterocycles. The van der Waals surface area contributed by atoms with Crippen LogP contribution in [0.5, 0.6) is 0 Å². The first-order chi connectivity index (χ1) is 18.1. The molecule has 2 aromatic rings. The highest BCUT2D eigenvalue weighted by Crippen LogP contribution is 2.38. The van der Waals surface area contributed by atoms with Gasteiger partial charge in [-0.1, -0.05) is 6.07 Å². The number of alkyl halides is 3. The molecule has 0 saturated carbocycles. The van der Waals surface area contributed by atoms with E-state index in [-0.39, 0.29) is 18.2 Å². The number of rotatable bonds is 8. The van der Waals surface area contributed by atoms with E-state index in [2.05, 4.69) is 57.6 Å². The molecule has 1 aromatic heterocycles. The lowest BCUT2D eigenvalue weighted by Gasteiger charge is -2.43. The van der Waals surface area contributed by atoms with Crippen molar-refractivity contribution in [2.24, 2.45) is 0 Å². The van der Waals surface area contributed by atoms with E-state index in [4.69, 9.17) is 0 Å². The molecule has 0 spiro atoms. The molecule has 2 aliphatic heterocycles. The summed E-state index contributed by atoms with van der Waals surface area (Å²) in [4.78, 5) is 25.9. The Hall–Kier alpha value is -2.56. The highest BCUT2D eigenvalue weighted by molar-refractivity contribution is 5.93. The van der Waals surface area contributed by atoms with Gasteiger partial charge in [-0.2, -0.15) is 13.2 Å². The third-order valence-corrected chi connectivity index (χ3v) is 7.66. The van der Waals surface area contributed by atoms with Crippen LogP contribution < -0.4 is 15.1 Å². The minimum absolute atomic E-state index is 0. The highest BCUT2D eigenvalue weighted by Gasteiger charge is 2.31. The van der Waals surface area contributed by atoms with E-state index < -0.39 is 11.7 Å². The number of hydrogen-bond acceptors (Lipinski definition) is 7. The quantitative estimate of drug-likeness (QED) is 0.449. The zero-order chi connectivity index (χ0) is 27.4. The maximum absolute atomic E-state index is 13.2. The summed E-state index contributed by atoms with van der Waals surface area (Å²) in [6.07, 6.45) is -2.34. The normalized spacial score (nSPS) is 17.5. The number of carbonyl (C=O) groups is 1. The van der Waals surface area contributed by atoms with Crippen molar-refractivity contribution in [2.45, 2.75) is 52.5 Å². The molecule has 0 aliphatic carbocycles. The van der Waals surface area contributed by atoms with E-state index in [1.54, 1.807) is 0 Å². The maximum Gasteiger partial charge on any atom is 0.416 e. The number of piperazine rings is 2. The number of halogens is 4. The third-order valence-electron chi connectivity index (χ3n) is 7.66. The molecule has 3 heterocycles. The van der Waals surface area contributed by atoms with Crippen molar-refractivity contribution in [2.75, 3.05) is 67.5 Å².